The first-order valence-corrected chi connectivity index (χ1v) is 9.09. The van der Waals surface area contributed by atoms with Crippen molar-refractivity contribution in [2.24, 2.45) is 0 Å². The summed E-state index contributed by atoms with van der Waals surface area (Å²) in [6.45, 7) is 0.560. The van der Waals surface area contributed by atoms with Gasteiger partial charge < -0.3 is 9.32 Å². The summed E-state index contributed by atoms with van der Waals surface area (Å²) < 4.78 is 5.73. The van der Waals surface area contributed by atoms with Crippen LogP contribution in [-0.4, -0.2) is 17.4 Å². The van der Waals surface area contributed by atoms with Crippen LogP contribution in [-0.2, 0) is 6.42 Å². The quantitative estimate of drug-likeness (QED) is 0.535. The largest absolute Gasteiger partial charge is 0.451 e. The number of carbonyl (C=O) groups excluding carboxylic acids is 1. The van der Waals surface area contributed by atoms with E-state index in [1.807, 2.05) is 24.3 Å². The molecule has 1 aliphatic heterocycles. The minimum atomic E-state index is -0.293. The van der Waals surface area contributed by atoms with Crippen LogP contribution in [0.3, 0.4) is 0 Å². The SMILES string of the molecule is O=C(c1cc(=O)c2ccccc2o1)N1CCc2cc(-c3ccncc3)ccc21. The molecule has 2 aromatic carbocycles. The van der Waals surface area contributed by atoms with Crippen molar-refractivity contribution < 1.29 is 9.21 Å². The van der Waals surface area contributed by atoms with Crippen LogP contribution in [0.25, 0.3) is 22.1 Å². The normalized spacial score (nSPS) is 12.9. The number of anilines is 1. The maximum atomic E-state index is 13.0. The van der Waals surface area contributed by atoms with E-state index in [1.54, 1.807) is 41.6 Å². The third kappa shape index (κ3) is 2.68. The molecule has 0 bridgehead atoms. The van der Waals surface area contributed by atoms with Crippen LogP contribution in [0.1, 0.15) is 16.1 Å². The number of benzene rings is 2. The van der Waals surface area contributed by atoms with E-state index in [1.165, 1.54) is 6.07 Å². The molecule has 1 aliphatic rings. The highest BCUT2D eigenvalue weighted by atomic mass is 16.3. The Bertz CT molecular complexity index is 1260. The van der Waals surface area contributed by atoms with Crippen molar-refractivity contribution in [3.05, 3.63) is 94.6 Å². The average Bonchev–Trinajstić information content (AvgIpc) is 3.17. The molecule has 136 valence electrons. The molecule has 0 saturated carbocycles. The minimum Gasteiger partial charge on any atom is -0.451 e. The molecule has 0 aliphatic carbocycles. The lowest BCUT2D eigenvalue weighted by Crippen LogP contribution is -2.29. The Morgan fingerprint density at radius 1 is 0.964 bits per heavy atom. The van der Waals surface area contributed by atoms with Gasteiger partial charge >= 0.3 is 0 Å². The van der Waals surface area contributed by atoms with Gasteiger partial charge in [-0.1, -0.05) is 18.2 Å². The predicted octanol–water partition coefficient (Wildman–Crippen LogP) is 4.06. The summed E-state index contributed by atoms with van der Waals surface area (Å²) in [6.07, 6.45) is 4.29. The van der Waals surface area contributed by atoms with Gasteiger partial charge in [0.25, 0.3) is 5.91 Å². The van der Waals surface area contributed by atoms with Gasteiger partial charge in [-0.15, -0.1) is 0 Å². The zero-order valence-corrected chi connectivity index (χ0v) is 15.0. The molecular formula is C23H16N2O3. The van der Waals surface area contributed by atoms with Crippen LogP contribution >= 0.6 is 0 Å². The van der Waals surface area contributed by atoms with Gasteiger partial charge in [0.2, 0.25) is 0 Å². The Labute approximate surface area is 160 Å². The Morgan fingerprint density at radius 3 is 2.64 bits per heavy atom. The van der Waals surface area contributed by atoms with E-state index < -0.39 is 0 Å². The number of rotatable bonds is 2. The van der Waals surface area contributed by atoms with Crippen LogP contribution in [0.15, 0.2) is 82.3 Å². The second-order valence-corrected chi connectivity index (χ2v) is 6.76. The maximum absolute atomic E-state index is 13.0. The lowest BCUT2D eigenvalue weighted by molar-refractivity contribution is 0.0963. The van der Waals surface area contributed by atoms with Crippen molar-refractivity contribution in [3.63, 3.8) is 0 Å². The first-order valence-electron chi connectivity index (χ1n) is 9.09. The molecular weight excluding hydrogens is 352 g/mol. The van der Waals surface area contributed by atoms with E-state index in [-0.39, 0.29) is 17.1 Å². The third-order valence-corrected chi connectivity index (χ3v) is 5.08. The summed E-state index contributed by atoms with van der Waals surface area (Å²) in [6, 6.07) is 18.2. The summed E-state index contributed by atoms with van der Waals surface area (Å²) >= 11 is 0. The zero-order valence-electron chi connectivity index (χ0n) is 15.0. The highest BCUT2D eigenvalue weighted by molar-refractivity contribution is 6.06. The zero-order chi connectivity index (χ0) is 19.1. The molecule has 1 amide bonds. The van der Waals surface area contributed by atoms with E-state index in [0.29, 0.717) is 17.5 Å². The van der Waals surface area contributed by atoms with E-state index >= 15 is 0 Å². The summed E-state index contributed by atoms with van der Waals surface area (Å²) in [4.78, 5) is 31.1. The van der Waals surface area contributed by atoms with Crippen LogP contribution in [0.5, 0.6) is 0 Å². The van der Waals surface area contributed by atoms with Crippen molar-refractivity contribution in [2.75, 3.05) is 11.4 Å². The highest BCUT2D eigenvalue weighted by Crippen LogP contribution is 2.33. The molecule has 0 spiro atoms. The number of para-hydroxylation sites is 1. The predicted molar refractivity (Wildman–Crippen MR) is 108 cm³/mol. The first-order chi connectivity index (χ1) is 13.7. The van der Waals surface area contributed by atoms with Crippen LogP contribution in [0, 0.1) is 0 Å². The highest BCUT2D eigenvalue weighted by Gasteiger charge is 2.28. The number of hydrogen-bond donors (Lipinski definition) is 0. The lowest BCUT2D eigenvalue weighted by Gasteiger charge is -2.17. The Hall–Kier alpha value is -3.73. The topological polar surface area (TPSA) is 63.4 Å². The van der Waals surface area contributed by atoms with E-state index in [0.717, 1.165) is 28.8 Å². The molecule has 0 saturated heterocycles. The summed E-state index contributed by atoms with van der Waals surface area (Å²) in [5.41, 5.74) is 4.35. The number of amides is 1. The van der Waals surface area contributed by atoms with Gasteiger partial charge in [-0.2, -0.15) is 0 Å². The minimum absolute atomic E-state index is 0.0646. The van der Waals surface area contributed by atoms with Crippen molar-refractivity contribution in [1.29, 1.82) is 0 Å². The second kappa shape index (κ2) is 6.46. The summed E-state index contributed by atoms with van der Waals surface area (Å²) in [5.74, 6) is -0.229. The molecule has 0 radical (unpaired) electrons. The number of pyridine rings is 1. The van der Waals surface area contributed by atoms with Gasteiger partial charge in [0.1, 0.15) is 5.58 Å². The first kappa shape index (κ1) is 16.4. The Balaban J connectivity index is 1.51. The molecule has 0 fully saturated rings. The second-order valence-electron chi connectivity index (χ2n) is 6.76. The van der Waals surface area contributed by atoms with E-state index in [9.17, 15) is 9.59 Å². The van der Waals surface area contributed by atoms with Gasteiger partial charge in [-0.05, 0) is 59.5 Å². The standard InChI is InChI=1S/C23H16N2O3/c26-20-14-22(28-21-4-2-1-3-18(20)21)23(27)25-12-9-17-13-16(5-6-19(17)25)15-7-10-24-11-8-15/h1-8,10-11,13-14H,9,12H2. The van der Waals surface area contributed by atoms with Crippen molar-refractivity contribution in [3.8, 4) is 11.1 Å². The third-order valence-electron chi connectivity index (χ3n) is 5.08. The number of hydrogen-bond acceptors (Lipinski definition) is 4. The molecule has 28 heavy (non-hydrogen) atoms. The average molecular weight is 368 g/mol. The molecule has 0 unspecified atom stereocenters. The number of fused-ring (bicyclic) bond motifs is 2. The van der Waals surface area contributed by atoms with Gasteiger partial charge in [0, 0.05) is 30.7 Å². The monoisotopic (exact) mass is 368 g/mol. The van der Waals surface area contributed by atoms with Gasteiger partial charge in [-0.3, -0.25) is 14.6 Å². The smallest absolute Gasteiger partial charge is 0.294 e. The molecule has 5 heteroatoms. The van der Waals surface area contributed by atoms with Crippen molar-refractivity contribution in [2.45, 2.75) is 6.42 Å². The van der Waals surface area contributed by atoms with Crippen LogP contribution in [0.2, 0.25) is 0 Å². The fourth-order valence-electron chi connectivity index (χ4n) is 3.68. The molecule has 0 N–H and O–H groups in total. The van der Waals surface area contributed by atoms with E-state index in [2.05, 4.69) is 11.1 Å². The van der Waals surface area contributed by atoms with Gasteiger partial charge in [0.05, 0.1) is 5.39 Å². The maximum Gasteiger partial charge on any atom is 0.294 e. The number of aromatic nitrogens is 1. The number of nitrogens with zero attached hydrogens (tertiary/aromatic N) is 2. The molecule has 4 aromatic rings. The van der Waals surface area contributed by atoms with Gasteiger partial charge in [0.15, 0.2) is 11.2 Å². The lowest BCUT2D eigenvalue weighted by atomic mass is 10.0. The molecule has 0 atom stereocenters. The molecule has 3 heterocycles. The van der Waals surface area contributed by atoms with Crippen LogP contribution in [0.4, 0.5) is 5.69 Å². The fraction of sp³-hybridized carbons (Fsp3) is 0.0870. The van der Waals surface area contributed by atoms with Crippen molar-refractivity contribution >= 4 is 22.6 Å². The van der Waals surface area contributed by atoms with Gasteiger partial charge in [-0.25, -0.2) is 0 Å². The Kier molecular flexibility index (Phi) is 3.79. The fourth-order valence-corrected chi connectivity index (χ4v) is 3.68. The molecule has 5 nitrogen and oxygen atoms in total. The van der Waals surface area contributed by atoms with Crippen molar-refractivity contribution in [1.82, 2.24) is 4.98 Å². The Morgan fingerprint density at radius 2 is 1.79 bits per heavy atom. The summed E-state index contributed by atoms with van der Waals surface area (Å²) in [5, 5.41) is 0.475. The van der Waals surface area contributed by atoms with Crippen LogP contribution < -0.4 is 10.3 Å². The summed E-state index contributed by atoms with van der Waals surface area (Å²) in [7, 11) is 0. The van der Waals surface area contributed by atoms with E-state index in [4.69, 9.17) is 4.42 Å². The molecule has 2 aromatic heterocycles. The molecule has 5 rings (SSSR count). The number of carbonyl (C=O) groups is 1.